The third-order valence-corrected chi connectivity index (χ3v) is 11.8. The maximum atomic E-state index is 13.8. The van der Waals surface area contributed by atoms with Gasteiger partial charge in [0.05, 0.1) is 0 Å². The van der Waals surface area contributed by atoms with Gasteiger partial charge in [-0.25, -0.2) is 9.59 Å². The van der Waals surface area contributed by atoms with Crippen molar-refractivity contribution in [2.45, 2.75) is 104 Å². The number of allylic oxidation sites excluding steroid dienone is 2. The summed E-state index contributed by atoms with van der Waals surface area (Å²) in [6, 6.07) is 0. The van der Waals surface area contributed by atoms with Crippen molar-refractivity contribution in [2.24, 2.45) is 22.7 Å². The van der Waals surface area contributed by atoms with Gasteiger partial charge in [-0.2, -0.15) is 0 Å². The number of aliphatic hydroxyl groups excluding tert-OH is 2. The Morgan fingerprint density at radius 2 is 1.04 bits per heavy atom. The first-order chi connectivity index (χ1) is 21.3. The van der Waals surface area contributed by atoms with Crippen molar-refractivity contribution in [1.29, 1.82) is 0 Å². The number of carbonyl (C=O) groups excluding carboxylic acids is 6. The Hall–Kier alpha value is -3.90. The molecule has 2 saturated carbocycles. The topological polar surface area (TPSA) is 180 Å². The SMILES string of the molecule is CC(=O)O[C@@H]1C2=C(C)C(=O)O[C@]2([C@]23OC(=O)C(C)=C2[C@@H](OC(C)=O)[C@@]2(C)C(=CC(=O)C[C@@H]2C)[C@H]3O)[C@H](O)C2=CC(=O)C[C@H](C)[C@]21C. The van der Waals surface area contributed by atoms with Gasteiger partial charge in [0.15, 0.2) is 11.6 Å². The summed E-state index contributed by atoms with van der Waals surface area (Å²) in [6.07, 6.45) is -4.00. The van der Waals surface area contributed by atoms with Crippen molar-refractivity contribution in [2.75, 3.05) is 0 Å². The number of aliphatic hydroxyl groups is 2. The number of hydrogen-bond donors (Lipinski definition) is 2. The van der Waals surface area contributed by atoms with Gasteiger partial charge < -0.3 is 29.2 Å². The van der Waals surface area contributed by atoms with Crippen LogP contribution in [0.1, 0.15) is 68.2 Å². The van der Waals surface area contributed by atoms with Crippen LogP contribution in [0.5, 0.6) is 0 Å². The zero-order valence-corrected chi connectivity index (χ0v) is 27.0. The Bertz CT molecular complexity index is 1560. The standard InChI is InChI=1S/C34H38O12/c1-13-9-19(37)11-21-25(39)33(23(15(3)29(41)45-33)27(31(13,21)7)43-17(5)35)34-24(16(4)30(42)46-34)28(44-18(6)36)32(8)14(2)10-20(38)12-22(32)26(34)40/h11-14,25-28,39-40H,9-10H2,1-8H3/t13-,14-,25+,26+,27+,28+,31+,32+,33-,34-/m0/s1. The van der Waals surface area contributed by atoms with Gasteiger partial charge in [0.2, 0.25) is 11.2 Å². The van der Waals surface area contributed by atoms with E-state index in [1.54, 1.807) is 27.7 Å². The molecule has 46 heavy (non-hydrogen) atoms. The fourth-order valence-electron chi connectivity index (χ4n) is 9.15. The largest absolute Gasteiger partial charge is 0.457 e. The Kier molecular flexibility index (Phi) is 6.83. The second-order valence-electron chi connectivity index (χ2n) is 14.0. The predicted molar refractivity (Wildman–Crippen MR) is 156 cm³/mol. The first kappa shape index (κ1) is 32.1. The molecule has 246 valence electrons. The molecule has 0 amide bonds. The third kappa shape index (κ3) is 3.57. The highest BCUT2D eigenvalue weighted by Crippen LogP contribution is 2.69. The molecule has 0 aromatic heterocycles. The lowest BCUT2D eigenvalue weighted by atomic mass is 9.45. The van der Waals surface area contributed by atoms with Gasteiger partial charge in [0.25, 0.3) is 0 Å². The van der Waals surface area contributed by atoms with Crippen LogP contribution in [-0.2, 0) is 47.7 Å². The highest BCUT2D eigenvalue weighted by molar-refractivity contribution is 6.00. The zero-order chi connectivity index (χ0) is 34.0. The van der Waals surface area contributed by atoms with Crippen molar-refractivity contribution in [3.8, 4) is 0 Å². The highest BCUT2D eigenvalue weighted by atomic mass is 16.6. The van der Waals surface area contributed by atoms with Gasteiger partial charge in [-0.1, -0.05) is 27.7 Å². The zero-order valence-electron chi connectivity index (χ0n) is 27.0. The normalized spacial score (nSPS) is 43.1. The molecule has 6 rings (SSSR count). The van der Waals surface area contributed by atoms with Crippen LogP contribution in [0, 0.1) is 22.7 Å². The maximum absolute atomic E-state index is 13.8. The molecular formula is C34H38O12. The van der Waals surface area contributed by atoms with Gasteiger partial charge in [-0.15, -0.1) is 0 Å². The number of carbonyl (C=O) groups is 6. The van der Waals surface area contributed by atoms with Crippen molar-refractivity contribution in [3.63, 3.8) is 0 Å². The van der Waals surface area contributed by atoms with Crippen molar-refractivity contribution in [1.82, 2.24) is 0 Å². The van der Waals surface area contributed by atoms with Crippen LogP contribution in [0.15, 0.2) is 45.6 Å². The van der Waals surface area contributed by atoms with E-state index in [1.807, 2.05) is 0 Å². The molecular weight excluding hydrogens is 600 g/mol. The summed E-state index contributed by atoms with van der Waals surface area (Å²) >= 11 is 0. The van der Waals surface area contributed by atoms with Gasteiger partial charge >= 0.3 is 23.9 Å². The molecule has 0 bridgehead atoms. The van der Waals surface area contributed by atoms with Crippen molar-refractivity contribution in [3.05, 3.63) is 45.6 Å². The van der Waals surface area contributed by atoms with Crippen molar-refractivity contribution >= 4 is 35.4 Å². The molecule has 2 heterocycles. The number of rotatable bonds is 3. The Balaban J connectivity index is 1.77. The van der Waals surface area contributed by atoms with E-state index in [0.717, 1.165) is 0 Å². The Morgan fingerprint density at radius 3 is 1.35 bits per heavy atom. The van der Waals surface area contributed by atoms with Crippen molar-refractivity contribution < 1.29 is 57.9 Å². The van der Waals surface area contributed by atoms with E-state index in [1.165, 1.54) is 39.8 Å². The molecule has 4 aliphatic carbocycles. The van der Waals surface area contributed by atoms with E-state index in [2.05, 4.69) is 0 Å². The minimum Gasteiger partial charge on any atom is -0.457 e. The van der Waals surface area contributed by atoms with Crippen LogP contribution in [0.25, 0.3) is 0 Å². The summed E-state index contributed by atoms with van der Waals surface area (Å²) in [5.74, 6) is -5.10. The van der Waals surface area contributed by atoms with Crippen LogP contribution in [0.2, 0.25) is 0 Å². The van der Waals surface area contributed by atoms with Crippen LogP contribution < -0.4 is 0 Å². The second-order valence-corrected chi connectivity index (χ2v) is 14.0. The van der Waals surface area contributed by atoms with E-state index in [4.69, 9.17) is 18.9 Å². The number of hydrogen-bond acceptors (Lipinski definition) is 12. The average molecular weight is 639 g/mol. The minimum atomic E-state index is -2.52. The lowest BCUT2D eigenvalue weighted by Crippen LogP contribution is -2.78. The molecule has 2 fully saturated rings. The summed E-state index contributed by atoms with van der Waals surface area (Å²) in [5.41, 5.74) is -7.67. The van der Waals surface area contributed by atoms with Gasteiger partial charge in [-0.3, -0.25) is 19.2 Å². The van der Waals surface area contributed by atoms with E-state index in [9.17, 15) is 39.0 Å². The summed E-state index contributed by atoms with van der Waals surface area (Å²) < 4.78 is 24.2. The molecule has 6 aliphatic rings. The predicted octanol–water partition coefficient (Wildman–Crippen LogP) is 1.91. The average Bonchev–Trinajstić information content (AvgIpc) is 3.38. The smallest absolute Gasteiger partial charge is 0.335 e. The maximum Gasteiger partial charge on any atom is 0.335 e. The second kappa shape index (κ2) is 9.80. The lowest BCUT2D eigenvalue weighted by molar-refractivity contribution is -0.244. The van der Waals surface area contributed by atoms with Crippen LogP contribution in [-0.4, -0.2) is 81.3 Å². The Morgan fingerprint density at radius 1 is 0.717 bits per heavy atom. The molecule has 2 N–H and O–H groups in total. The molecule has 0 saturated heterocycles. The molecule has 10 atom stereocenters. The summed E-state index contributed by atoms with van der Waals surface area (Å²) in [4.78, 5) is 79.1. The van der Waals surface area contributed by atoms with Gasteiger partial charge in [0, 0.05) is 59.8 Å². The summed E-state index contributed by atoms with van der Waals surface area (Å²) in [5, 5.41) is 25.3. The third-order valence-electron chi connectivity index (χ3n) is 11.8. The molecule has 0 spiro atoms. The number of esters is 4. The number of fused-ring (bicyclic) bond motifs is 5. The van der Waals surface area contributed by atoms with Crippen LogP contribution in [0.3, 0.4) is 0 Å². The molecule has 0 unspecified atom stereocenters. The number of ether oxygens (including phenoxy) is 4. The first-order valence-corrected chi connectivity index (χ1v) is 15.4. The fraction of sp³-hybridized carbons (Fsp3) is 0.588. The number of ketones is 2. The van der Waals surface area contributed by atoms with E-state index >= 15 is 0 Å². The minimum absolute atomic E-state index is 0.0470. The first-order valence-electron chi connectivity index (χ1n) is 15.4. The molecule has 12 nitrogen and oxygen atoms in total. The van der Waals surface area contributed by atoms with E-state index < -0.39 is 82.2 Å². The molecule has 0 radical (unpaired) electrons. The van der Waals surface area contributed by atoms with Crippen LogP contribution >= 0.6 is 0 Å². The van der Waals surface area contributed by atoms with Gasteiger partial charge in [0.1, 0.15) is 24.4 Å². The van der Waals surface area contributed by atoms with Gasteiger partial charge in [-0.05, 0) is 49.0 Å². The van der Waals surface area contributed by atoms with Crippen LogP contribution in [0.4, 0.5) is 0 Å². The van der Waals surface area contributed by atoms with E-state index in [-0.39, 0.29) is 57.8 Å². The highest BCUT2D eigenvalue weighted by Gasteiger charge is 2.83. The Labute approximate surface area is 265 Å². The monoisotopic (exact) mass is 638 g/mol. The fourth-order valence-corrected chi connectivity index (χ4v) is 9.15. The lowest BCUT2D eigenvalue weighted by Gasteiger charge is -2.64. The quantitative estimate of drug-likeness (QED) is 0.339. The summed E-state index contributed by atoms with van der Waals surface area (Å²) in [6.45, 7) is 12.1. The molecule has 0 aromatic carbocycles. The molecule has 12 heteroatoms. The molecule has 2 aliphatic heterocycles. The summed E-state index contributed by atoms with van der Waals surface area (Å²) in [7, 11) is 0. The molecule has 0 aromatic rings. The van der Waals surface area contributed by atoms with E-state index in [0.29, 0.717) is 0 Å².